The second-order valence-electron chi connectivity index (χ2n) is 5.76. The quantitative estimate of drug-likeness (QED) is 0.721. The van der Waals surface area contributed by atoms with Gasteiger partial charge in [-0.1, -0.05) is 44.4 Å². The van der Waals surface area contributed by atoms with Gasteiger partial charge in [0, 0.05) is 24.8 Å². The van der Waals surface area contributed by atoms with Gasteiger partial charge in [-0.05, 0) is 37.3 Å². The molecule has 0 aromatic heterocycles. The van der Waals surface area contributed by atoms with Crippen LogP contribution in [-0.2, 0) is 13.0 Å². The molecule has 1 aliphatic heterocycles. The van der Waals surface area contributed by atoms with Crippen molar-refractivity contribution in [1.29, 1.82) is 0 Å². The molecular formula is C17H28N2. The predicted molar refractivity (Wildman–Crippen MR) is 83.7 cm³/mol. The number of fused-ring (bicyclic) bond motifs is 1. The van der Waals surface area contributed by atoms with Gasteiger partial charge in [0.15, 0.2) is 0 Å². The van der Waals surface area contributed by atoms with Gasteiger partial charge in [-0.2, -0.15) is 0 Å². The second-order valence-corrected chi connectivity index (χ2v) is 5.76. The molecule has 19 heavy (non-hydrogen) atoms. The number of aryl methyl sites for hydroxylation is 1. The number of anilines is 1. The highest BCUT2D eigenvalue weighted by atomic mass is 14.9. The van der Waals surface area contributed by atoms with E-state index in [2.05, 4.69) is 42.7 Å². The molecule has 1 aromatic carbocycles. The fourth-order valence-electron chi connectivity index (χ4n) is 2.82. The molecular weight excluding hydrogens is 232 g/mol. The van der Waals surface area contributed by atoms with E-state index in [1.165, 1.54) is 55.3 Å². The van der Waals surface area contributed by atoms with Crippen LogP contribution in [0, 0.1) is 0 Å². The molecule has 1 atom stereocenters. The largest absolute Gasteiger partial charge is 0.385 e. The van der Waals surface area contributed by atoms with Crippen LogP contribution >= 0.6 is 0 Å². The zero-order valence-corrected chi connectivity index (χ0v) is 12.5. The Labute approximate surface area is 118 Å². The van der Waals surface area contributed by atoms with Crippen molar-refractivity contribution in [2.45, 2.75) is 65.0 Å². The SMILES string of the molecule is CCCCCC(C)NCc1cccc2c1NCCC2. The number of unbranched alkanes of at least 4 members (excludes halogenated alkanes) is 2. The van der Waals surface area contributed by atoms with Gasteiger partial charge >= 0.3 is 0 Å². The average molecular weight is 260 g/mol. The lowest BCUT2D eigenvalue weighted by atomic mass is 9.99. The molecule has 2 N–H and O–H groups in total. The molecule has 0 amide bonds. The van der Waals surface area contributed by atoms with Crippen molar-refractivity contribution in [2.75, 3.05) is 11.9 Å². The third-order valence-electron chi connectivity index (χ3n) is 4.04. The lowest BCUT2D eigenvalue weighted by Crippen LogP contribution is -2.26. The first-order valence-electron chi connectivity index (χ1n) is 7.89. The van der Waals surface area contributed by atoms with E-state index in [0.717, 1.165) is 13.1 Å². The normalized spacial score (nSPS) is 15.7. The van der Waals surface area contributed by atoms with Crippen LogP contribution in [-0.4, -0.2) is 12.6 Å². The summed E-state index contributed by atoms with van der Waals surface area (Å²) in [5.41, 5.74) is 4.31. The van der Waals surface area contributed by atoms with Crippen molar-refractivity contribution in [2.24, 2.45) is 0 Å². The second kappa shape index (κ2) is 7.54. The fourth-order valence-corrected chi connectivity index (χ4v) is 2.82. The van der Waals surface area contributed by atoms with E-state index in [1.54, 1.807) is 0 Å². The zero-order valence-electron chi connectivity index (χ0n) is 12.5. The summed E-state index contributed by atoms with van der Waals surface area (Å²) in [7, 11) is 0. The van der Waals surface area contributed by atoms with E-state index < -0.39 is 0 Å². The van der Waals surface area contributed by atoms with E-state index in [0.29, 0.717) is 6.04 Å². The minimum absolute atomic E-state index is 0.617. The van der Waals surface area contributed by atoms with Crippen LogP contribution in [0.15, 0.2) is 18.2 Å². The maximum Gasteiger partial charge on any atom is 0.0418 e. The van der Waals surface area contributed by atoms with Crippen LogP contribution in [0.25, 0.3) is 0 Å². The van der Waals surface area contributed by atoms with E-state index in [9.17, 15) is 0 Å². The molecule has 0 aliphatic carbocycles. The molecule has 2 nitrogen and oxygen atoms in total. The number of rotatable bonds is 7. The molecule has 1 aliphatic rings. The van der Waals surface area contributed by atoms with E-state index in [1.807, 2.05) is 0 Å². The van der Waals surface area contributed by atoms with Crippen molar-refractivity contribution >= 4 is 5.69 Å². The first-order chi connectivity index (χ1) is 9.31. The molecule has 0 spiro atoms. The summed E-state index contributed by atoms with van der Waals surface area (Å²) in [5, 5.41) is 7.24. The summed E-state index contributed by atoms with van der Waals surface area (Å²) in [4.78, 5) is 0. The number of para-hydroxylation sites is 1. The molecule has 0 fully saturated rings. The molecule has 0 radical (unpaired) electrons. The molecule has 0 saturated carbocycles. The summed E-state index contributed by atoms with van der Waals surface area (Å²) in [6.07, 6.45) is 7.78. The van der Waals surface area contributed by atoms with Gasteiger partial charge in [-0.3, -0.25) is 0 Å². The number of hydrogen-bond acceptors (Lipinski definition) is 2. The summed E-state index contributed by atoms with van der Waals surface area (Å²) in [6, 6.07) is 7.33. The van der Waals surface area contributed by atoms with Gasteiger partial charge in [-0.25, -0.2) is 0 Å². The highest BCUT2D eigenvalue weighted by Crippen LogP contribution is 2.26. The molecule has 2 rings (SSSR count). The topological polar surface area (TPSA) is 24.1 Å². The Hall–Kier alpha value is -1.02. The monoisotopic (exact) mass is 260 g/mol. The summed E-state index contributed by atoms with van der Waals surface area (Å²) < 4.78 is 0. The van der Waals surface area contributed by atoms with Crippen LogP contribution in [0.2, 0.25) is 0 Å². The van der Waals surface area contributed by atoms with Gasteiger partial charge < -0.3 is 10.6 Å². The van der Waals surface area contributed by atoms with Crippen LogP contribution in [0.1, 0.15) is 57.1 Å². The number of nitrogens with one attached hydrogen (secondary N) is 2. The number of hydrogen-bond donors (Lipinski definition) is 2. The Balaban J connectivity index is 1.85. The van der Waals surface area contributed by atoms with Crippen LogP contribution in [0.3, 0.4) is 0 Å². The smallest absolute Gasteiger partial charge is 0.0418 e. The van der Waals surface area contributed by atoms with Gasteiger partial charge in [-0.15, -0.1) is 0 Å². The summed E-state index contributed by atoms with van der Waals surface area (Å²) in [5.74, 6) is 0. The Bertz CT molecular complexity index is 387. The Morgan fingerprint density at radius 2 is 2.21 bits per heavy atom. The fraction of sp³-hybridized carbons (Fsp3) is 0.647. The molecule has 1 heterocycles. The van der Waals surface area contributed by atoms with Crippen molar-refractivity contribution < 1.29 is 0 Å². The van der Waals surface area contributed by atoms with Crippen LogP contribution in [0.4, 0.5) is 5.69 Å². The van der Waals surface area contributed by atoms with Crippen molar-refractivity contribution in [3.05, 3.63) is 29.3 Å². The minimum atomic E-state index is 0.617. The maximum atomic E-state index is 3.67. The summed E-state index contributed by atoms with van der Waals surface area (Å²) in [6.45, 7) is 6.68. The van der Waals surface area contributed by atoms with Gasteiger partial charge in [0.2, 0.25) is 0 Å². The van der Waals surface area contributed by atoms with Crippen molar-refractivity contribution in [1.82, 2.24) is 5.32 Å². The van der Waals surface area contributed by atoms with Crippen LogP contribution < -0.4 is 10.6 Å². The zero-order chi connectivity index (χ0) is 13.5. The molecule has 106 valence electrons. The standard InChI is InChI=1S/C17H28N2/c1-3-4-5-8-14(2)19-13-16-10-6-9-15-11-7-12-18-17(15)16/h6,9-10,14,18-19H,3-5,7-8,11-13H2,1-2H3. The molecule has 0 saturated heterocycles. The molecule has 0 bridgehead atoms. The van der Waals surface area contributed by atoms with E-state index in [-0.39, 0.29) is 0 Å². The first kappa shape index (κ1) is 14.4. The molecule has 1 unspecified atom stereocenters. The Morgan fingerprint density at radius 1 is 1.32 bits per heavy atom. The van der Waals surface area contributed by atoms with E-state index in [4.69, 9.17) is 0 Å². The highest BCUT2D eigenvalue weighted by molar-refractivity contribution is 5.59. The number of benzene rings is 1. The average Bonchev–Trinajstić information content (AvgIpc) is 2.45. The Kier molecular flexibility index (Phi) is 5.71. The maximum absolute atomic E-state index is 3.67. The lowest BCUT2D eigenvalue weighted by molar-refractivity contribution is 0.487. The third-order valence-corrected chi connectivity index (χ3v) is 4.04. The Morgan fingerprint density at radius 3 is 3.05 bits per heavy atom. The van der Waals surface area contributed by atoms with Gasteiger partial charge in [0.05, 0.1) is 0 Å². The third kappa shape index (κ3) is 4.24. The van der Waals surface area contributed by atoms with E-state index >= 15 is 0 Å². The lowest BCUT2D eigenvalue weighted by Gasteiger charge is -2.22. The van der Waals surface area contributed by atoms with Gasteiger partial charge in [0.1, 0.15) is 0 Å². The van der Waals surface area contributed by atoms with Crippen molar-refractivity contribution in [3.8, 4) is 0 Å². The predicted octanol–water partition coefficient (Wildman–Crippen LogP) is 4.10. The highest BCUT2D eigenvalue weighted by Gasteiger charge is 2.12. The van der Waals surface area contributed by atoms with Crippen LogP contribution in [0.5, 0.6) is 0 Å². The van der Waals surface area contributed by atoms with Crippen molar-refractivity contribution in [3.63, 3.8) is 0 Å². The molecule has 2 heteroatoms. The van der Waals surface area contributed by atoms with Gasteiger partial charge in [0.25, 0.3) is 0 Å². The molecule has 1 aromatic rings. The first-order valence-corrected chi connectivity index (χ1v) is 7.89. The summed E-state index contributed by atoms with van der Waals surface area (Å²) >= 11 is 0. The minimum Gasteiger partial charge on any atom is -0.385 e.